The molecule has 0 atom stereocenters. The van der Waals surface area contributed by atoms with Gasteiger partial charge in [0.15, 0.2) is 0 Å². The van der Waals surface area contributed by atoms with E-state index in [0.29, 0.717) is 0 Å². The molecule has 0 aliphatic rings. The van der Waals surface area contributed by atoms with Crippen LogP contribution in [0.25, 0.3) is 5.57 Å². The smallest absolute Gasteiger partial charge is 0.406 e. The minimum Gasteiger partial charge on any atom is -0.406 e. The van der Waals surface area contributed by atoms with Gasteiger partial charge in [0.25, 0.3) is 0 Å². The van der Waals surface area contributed by atoms with Gasteiger partial charge in [0.05, 0.1) is 0 Å². The van der Waals surface area contributed by atoms with Crippen molar-refractivity contribution >= 4 is 23.0 Å². The van der Waals surface area contributed by atoms with Crippen molar-refractivity contribution in [2.75, 3.05) is 12.0 Å². The molecule has 2 N–H and O–H groups in total. The van der Waals surface area contributed by atoms with Gasteiger partial charge in [-0.1, -0.05) is 45.0 Å². The second-order valence-corrected chi connectivity index (χ2v) is 3.48. The van der Waals surface area contributed by atoms with Crippen LogP contribution in [0.2, 0.25) is 0 Å². The summed E-state index contributed by atoms with van der Waals surface area (Å²) in [4.78, 5) is 0. The van der Waals surface area contributed by atoms with Gasteiger partial charge < -0.3 is 17.5 Å². The summed E-state index contributed by atoms with van der Waals surface area (Å²) in [6.07, 6.45) is 11.7. The molecular weight excluding hydrogens is 357 g/mol. The van der Waals surface area contributed by atoms with Crippen LogP contribution in [-0.4, -0.2) is 6.26 Å². The van der Waals surface area contributed by atoms with Crippen LogP contribution >= 0.6 is 11.8 Å². The number of rotatable bonds is 3. The van der Waals surface area contributed by atoms with Crippen molar-refractivity contribution in [2.24, 2.45) is 0 Å². The topological polar surface area (TPSA) is 26.0 Å². The van der Waals surface area contributed by atoms with E-state index >= 15 is 0 Å². The number of nitrogen functional groups attached to an aromatic ring is 1. The van der Waals surface area contributed by atoms with Crippen LogP contribution in [0.1, 0.15) is 26.8 Å². The van der Waals surface area contributed by atoms with Crippen LogP contribution in [0.5, 0.6) is 0 Å². The first kappa shape index (κ1) is 27.6. The average molecular weight is 384 g/mol. The van der Waals surface area contributed by atoms with E-state index in [2.05, 4.69) is 25.5 Å². The molecule has 0 unspecified atom stereocenters. The molecule has 1 aromatic rings. The fourth-order valence-corrected chi connectivity index (χ4v) is 1.01. The van der Waals surface area contributed by atoms with Crippen molar-refractivity contribution in [3.05, 3.63) is 67.5 Å². The summed E-state index contributed by atoms with van der Waals surface area (Å²) >= 11 is 1.50. The third-order valence-electron chi connectivity index (χ3n) is 1.66. The Labute approximate surface area is 144 Å². The Balaban J connectivity index is -0.000000162. The molecule has 0 spiro atoms. The molecule has 0 heterocycles. The average Bonchev–Trinajstić information content (AvgIpc) is 2.40. The van der Waals surface area contributed by atoms with Crippen LogP contribution in [0, 0.1) is 12.3 Å². The summed E-state index contributed by atoms with van der Waals surface area (Å²) in [6, 6.07) is 7.58. The van der Waals surface area contributed by atoms with Crippen molar-refractivity contribution < 1.29 is 20.4 Å². The summed E-state index contributed by atoms with van der Waals surface area (Å²) in [6.45, 7) is 11.4. The van der Waals surface area contributed by atoms with E-state index in [0.717, 1.165) is 16.8 Å². The first-order chi connectivity index (χ1) is 8.67. The molecule has 0 aliphatic heterocycles. The quantitative estimate of drug-likeness (QED) is 0.317. The number of hydrogen-bond acceptors (Lipinski definition) is 2. The molecular formula is C17H27NPdS. The predicted molar refractivity (Wildman–Crippen MR) is 94.8 cm³/mol. The third-order valence-corrected chi connectivity index (χ3v) is 1.66. The monoisotopic (exact) mass is 383 g/mol. The van der Waals surface area contributed by atoms with Crippen LogP contribution in [-0.2, 0) is 20.4 Å². The van der Waals surface area contributed by atoms with E-state index in [4.69, 9.17) is 5.73 Å². The van der Waals surface area contributed by atoms with E-state index < -0.39 is 0 Å². The molecule has 3 heteroatoms. The van der Waals surface area contributed by atoms with Crippen molar-refractivity contribution in [1.82, 2.24) is 0 Å². The maximum absolute atomic E-state index is 5.75. The molecule has 0 aliphatic carbocycles. The molecule has 0 saturated carbocycles. The zero-order valence-electron chi connectivity index (χ0n) is 11.9. The van der Waals surface area contributed by atoms with Crippen LogP contribution in [0.4, 0.5) is 5.69 Å². The second kappa shape index (κ2) is 20.6. The maximum atomic E-state index is 5.75. The predicted octanol–water partition coefficient (Wildman–Crippen LogP) is 5.63. The number of anilines is 1. The first-order valence-corrected chi connectivity index (χ1v) is 7.09. The van der Waals surface area contributed by atoms with Gasteiger partial charge in [-0.15, -0.1) is 30.4 Å². The molecule has 0 aromatic heterocycles. The van der Waals surface area contributed by atoms with E-state index in [1.807, 2.05) is 44.4 Å². The van der Waals surface area contributed by atoms with Gasteiger partial charge in [-0.05, 0) is 18.0 Å². The first-order valence-electron chi connectivity index (χ1n) is 5.70. The molecule has 20 heavy (non-hydrogen) atoms. The number of para-hydroxylation sites is 1. The Morgan fingerprint density at radius 1 is 1.35 bits per heavy atom. The minimum absolute atomic E-state index is 0. The van der Waals surface area contributed by atoms with E-state index in [-0.39, 0.29) is 27.8 Å². The van der Waals surface area contributed by atoms with Crippen molar-refractivity contribution in [1.29, 1.82) is 0 Å². The Kier molecular flexibility index (Phi) is 28.4. The van der Waals surface area contributed by atoms with Gasteiger partial charge >= 0.3 is 20.4 Å². The van der Waals surface area contributed by atoms with Gasteiger partial charge in [-0.3, -0.25) is 6.26 Å². The minimum atomic E-state index is 0. The Morgan fingerprint density at radius 2 is 1.80 bits per heavy atom. The van der Waals surface area contributed by atoms with Crippen LogP contribution in [0.15, 0.2) is 49.6 Å². The van der Waals surface area contributed by atoms with Gasteiger partial charge in [0.2, 0.25) is 0 Å². The summed E-state index contributed by atoms with van der Waals surface area (Å²) in [5, 5.41) is 0. The fraction of sp³-hybridized carbons (Fsp3) is 0.235. The summed E-state index contributed by atoms with van der Waals surface area (Å²) < 4.78 is 0. The van der Waals surface area contributed by atoms with Crippen molar-refractivity contribution in [3.63, 3.8) is 0 Å². The van der Waals surface area contributed by atoms with Crippen LogP contribution < -0.4 is 5.73 Å². The molecule has 0 amide bonds. The number of thioether (sulfide) groups is 1. The third kappa shape index (κ3) is 13.7. The van der Waals surface area contributed by atoms with Gasteiger partial charge in [-0.25, -0.2) is 0 Å². The van der Waals surface area contributed by atoms with E-state index in [9.17, 15) is 0 Å². The zero-order chi connectivity index (χ0) is 14.4. The number of benzene rings is 1. The van der Waals surface area contributed by atoms with Gasteiger partial charge in [-0.2, -0.15) is 6.58 Å². The molecule has 116 valence electrons. The fourth-order valence-electron chi connectivity index (χ4n) is 1.01. The Bertz CT molecular complexity index is 373. The maximum Gasteiger partial charge on any atom is 2.00 e. The van der Waals surface area contributed by atoms with E-state index in [1.165, 1.54) is 11.8 Å². The summed E-state index contributed by atoms with van der Waals surface area (Å²) in [5.41, 5.74) is 8.17. The summed E-state index contributed by atoms with van der Waals surface area (Å²) in [5.74, 6) is 0. The Hall–Kier alpha value is -0.748. The van der Waals surface area contributed by atoms with Crippen molar-refractivity contribution in [3.8, 4) is 0 Å². The Morgan fingerprint density at radius 3 is 2.20 bits per heavy atom. The van der Waals surface area contributed by atoms with Gasteiger partial charge in [0, 0.05) is 0 Å². The number of allylic oxidation sites excluding steroid dienone is 4. The molecule has 0 radical (unpaired) electrons. The van der Waals surface area contributed by atoms with E-state index in [1.54, 1.807) is 12.2 Å². The van der Waals surface area contributed by atoms with Gasteiger partial charge in [0.1, 0.15) is 0 Å². The SMILES string of the molecule is C.C=CC=[C-]C(=C)c1ccccc1N.CC.[CH2-]SC.[Pd+2]. The molecule has 1 rings (SSSR count). The number of hydrogen-bond donors (Lipinski definition) is 1. The molecule has 0 fully saturated rings. The molecule has 0 saturated heterocycles. The normalized spacial score (nSPS) is 7.80. The van der Waals surface area contributed by atoms with Crippen LogP contribution in [0.3, 0.4) is 0 Å². The number of nitrogens with two attached hydrogens (primary N) is 1. The largest absolute Gasteiger partial charge is 2.00 e. The standard InChI is InChI=1S/C12H12N.C2H5S.C2H6.CH4.Pd/c1-3-4-7-10(2)11-8-5-6-9-12(11)13;1-3-2;1-2;;/h3-6,8-9H,1-2,13H2;1H2,2H3;1-2H3;1H4;/q2*-1;;;+2. The molecule has 1 nitrogen and oxygen atoms in total. The molecule has 1 aromatic carbocycles. The zero-order valence-corrected chi connectivity index (χ0v) is 14.3. The summed E-state index contributed by atoms with van der Waals surface area (Å²) in [7, 11) is 0. The second-order valence-electron chi connectivity index (χ2n) is 2.90. The molecule has 0 bridgehead atoms. The van der Waals surface area contributed by atoms with Crippen molar-refractivity contribution in [2.45, 2.75) is 21.3 Å².